The SMILES string of the molecule is CC(C)Nc1nc(Cl)c(Cl)c(N)c1Cl. The molecule has 3 nitrogen and oxygen atoms in total. The Labute approximate surface area is 97.5 Å². The number of pyridine rings is 1. The molecule has 1 rings (SSSR count). The Balaban J connectivity index is 3.19. The average Bonchev–Trinajstić information content (AvgIpc) is 2.10. The van der Waals surface area contributed by atoms with E-state index in [1.807, 2.05) is 13.8 Å². The van der Waals surface area contributed by atoms with Crippen molar-refractivity contribution in [2.45, 2.75) is 19.9 Å². The van der Waals surface area contributed by atoms with E-state index < -0.39 is 0 Å². The number of nitrogens with zero attached hydrogens (tertiary/aromatic N) is 1. The summed E-state index contributed by atoms with van der Waals surface area (Å²) in [5, 5.41) is 3.65. The molecule has 78 valence electrons. The van der Waals surface area contributed by atoms with Crippen LogP contribution in [0.4, 0.5) is 11.5 Å². The molecule has 1 aromatic rings. The minimum Gasteiger partial charge on any atom is -0.396 e. The summed E-state index contributed by atoms with van der Waals surface area (Å²) in [5.74, 6) is 0.452. The van der Waals surface area contributed by atoms with Crippen LogP contribution in [0, 0.1) is 0 Å². The largest absolute Gasteiger partial charge is 0.396 e. The van der Waals surface area contributed by atoms with Crippen LogP contribution in [0.25, 0.3) is 0 Å². The fraction of sp³-hybridized carbons (Fsp3) is 0.375. The van der Waals surface area contributed by atoms with Gasteiger partial charge in [-0.05, 0) is 13.8 Å². The number of hydrogen-bond acceptors (Lipinski definition) is 3. The topological polar surface area (TPSA) is 50.9 Å². The molecule has 0 unspecified atom stereocenters. The smallest absolute Gasteiger partial charge is 0.152 e. The predicted molar refractivity (Wildman–Crippen MR) is 62.4 cm³/mol. The van der Waals surface area contributed by atoms with Gasteiger partial charge in [0.25, 0.3) is 0 Å². The Hall–Kier alpha value is -0.380. The van der Waals surface area contributed by atoms with E-state index >= 15 is 0 Å². The summed E-state index contributed by atoms with van der Waals surface area (Å²) in [6.45, 7) is 3.91. The van der Waals surface area contributed by atoms with Gasteiger partial charge in [-0.2, -0.15) is 0 Å². The maximum Gasteiger partial charge on any atom is 0.152 e. The van der Waals surface area contributed by atoms with Crippen molar-refractivity contribution < 1.29 is 0 Å². The van der Waals surface area contributed by atoms with E-state index in [4.69, 9.17) is 40.5 Å². The number of anilines is 2. The fourth-order valence-corrected chi connectivity index (χ4v) is 1.46. The molecule has 0 fully saturated rings. The third-order valence-electron chi connectivity index (χ3n) is 1.50. The van der Waals surface area contributed by atoms with E-state index in [1.54, 1.807) is 0 Å². The quantitative estimate of drug-likeness (QED) is 0.795. The van der Waals surface area contributed by atoms with Crippen molar-refractivity contribution >= 4 is 46.3 Å². The molecule has 1 aromatic heterocycles. The van der Waals surface area contributed by atoms with Crippen LogP contribution < -0.4 is 11.1 Å². The van der Waals surface area contributed by atoms with Crippen molar-refractivity contribution in [1.29, 1.82) is 0 Å². The normalized spacial score (nSPS) is 10.7. The first-order valence-electron chi connectivity index (χ1n) is 4.00. The molecule has 0 aliphatic rings. The minimum atomic E-state index is 0.150. The number of rotatable bonds is 2. The van der Waals surface area contributed by atoms with E-state index in [1.165, 1.54) is 0 Å². The van der Waals surface area contributed by atoms with Crippen molar-refractivity contribution in [2.24, 2.45) is 0 Å². The van der Waals surface area contributed by atoms with Gasteiger partial charge in [0.15, 0.2) is 5.15 Å². The Bertz CT molecular complexity index is 352. The van der Waals surface area contributed by atoms with Crippen LogP contribution in [0.2, 0.25) is 15.2 Å². The number of nitrogens with two attached hydrogens (primary N) is 1. The lowest BCUT2D eigenvalue weighted by Gasteiger charge is -2.13. The molecule has 0 bridgehead atoms. The van der Waals surface area contributed by atoms with Crippen LogP contribution in [0.3, 0.4) is 0 Å². The number of nitrogen functional groups attached to an aromatic ring is 1. The summed E-state index contributed by atoms with van der Waals surface area (Å²) < 4.78 is 0. The van der Waals surface area contributed by atoms with Crippen molar-refractivity contribution in [3.05, 3.63) is 15.2 Å². The van der Waals surface area contributed by atoms with E-state index in [9.17, 15) is 0 Å². The van der Waals surface area contributed by atoms with Crippen LogP contribution >= 0.6 is 34.8 Å². The fourth-order valence-electron chi connectivity index (χ4n) is 0.900. The molecule has 0 aliphatic carbocycles. The van der Waals surface area contributed by atoms with E-state index in [0.717, 1.165) is 0 Å². The van der Waals surface area contributed by atoms with Crippen molar-refractivity contribution in [3.63, 3.8) is 0 Å². The van der Waals surface area contributed by atoms with Gasteiger partial charge in [-0.15, -0.1) is 0 Å². The molecular formula is C8H10Cl3N3. The number of halogens is 3. The van der Waals surface area contributed by atoms with Gasteiger partial charge < -0.3 is 11.1 Å². The first-order chi connectivity index (χ1) is 6.43. The summed E-state index contributed by atoms with van der Waals surface area (Å²) in [7, 11) is 0. The summed E-state index contributed by atoms with van der Waals surface area (Å²) >= 11 is 17.4. The zero-order valence-electron chi connectivity index (χ0n) is 7.74. The molecule has 0 aromatic carbocycles. The highest BCUT2D eigenvalue weighted by molar-refractivity contribution is 6.46. The van der Waals surface area contributed by atoms with Crippen LogP contribution in [-0.2, 0) is 0 Å². The van der Waals surface area contributed by atoms with Crippen molar-refractivity contribution in [2.75, 3.05) is 11.1 Å². The zero-order valence-corrected chi connectivity index (χ0v) is 10.0. The third kappa shape index (κ3) is 2.35. The zero-order chi connectivity index (χ0) is 10.9. The maximum absolute atomic E-state index is 5.92. The van der Waals surface area contributed by atoms with Crippen LogP contribution in [0.15, 0.2) is 0 Å². The highest BCUT2D eigenvalue weighted by Gasteiger charge is 2.14. The maximum atomic E-state index is 5.92. The molecule has 0 spiro atoms. The van der Waals surface area contributed by atoms with Gasteiger partial charge in [0.05, 0.1) is 5.69 Å². The van der Waals surface area contributed by atoms with Crippen LogP contribution in [0.5, 0.6) is 0 Å². The van der Waals surface area contributed by atoms with E-state index in [2.05, 4.69) is 10.3 Å². The summed E-state index contributed by atoms with van der Waals surface area (Å²) in [6, 6.07) is 0.191. The van der Waals surface area contributed by atoms with Gasteiger partial charge >= 0.3 is 0 Å². The van der Waals surface area contributed by atoms with E-state index in [-0.39, 0.29) is 21.9 Å². The molecule has 0 atom stereocenters. The second kappa shape index (κ2) is 4.43. The highest BCUT2D eigenvalue weighted by atomic mass is 35.5. The summed E-state index contributed by atoms with van der Waals surface area (Å²) in [4.78, 5) is 3.98. The molecule has 0 radical (unpaired) electrons. The molecule has 14 heavy (non-hydrogen) atoms. The lowest BCUT2D eigenvalue weighted by atomic mass is 10.3. The Morgan fingerprint density at radius 1 is 1.21 bits per heavy atom. The van der Waals surface area contributed by atoms with Crippen LogP contribution in [-0.4, -0.2) is 11.0 Å². The average molecular weight is 255 g/mol. The molecule has 0 amide bonds. The monoisotopic (exact) mass is 253 g/mol. The molecule has 0 saturated heterocycles. The van der Waals surface area contributed by atoms with Gasteiger partial charge in [-0.3, -0.25) is 0 Å². The molecule has 0 aliphatic heterocycles. The molecule has 6 heteroatoms. The van der Waals surface area contributed by atoms with Crippen molar-refractivity contribution in [3.8, 4) is 0 Å². The van der Waals surface area contributed by atoms with Crippen LogP contribution in [0.1, 0.15) is 13.8 Å². The third-order valence-corrected chi connectivity index (χ3v) is 2.63. The van der Waals surface area contributed by atoms with Gasteiger partial charge in [0, 0.05) is 6.04 Å². The van der Waals surface area contributed by atoms with E-state index in [0.29, 0.717) is 10.8 Å². The molecule has 3 N–H and O–H groups in total. The predicted octanol–water partition coefficient (Wildman–Crippen LogP) is 3.44. The second-order valence-electron chi connectivity index (χ2n) is 3.09. The van der Waals surface area contributed by atoms with Crippen molar-refractivity contribution in [1.82, 2.24) is 4.98 Å². The van der Waals surface area contributed by atoms with Gasteiger partial charge in [-0.25, -0.2) is 4.98 Å². The van der Waals surface area contributed by atoms with Gasteiger partial charge in [0.1, 0.15) is 15.9 Å². The molecule has 1 heterocycles. The molecular weight excluding hydrogens is 244 g/mol. The number of aromatic nitrogens is 1. The Morgan fingerprint density at radius 2 is 1.79 bits per heavy atom. The summed E-state index contributed by atoms with van der Waals surface area (Å²) in [5.41, 5.74) is 5.88. The Morgan fingerprint density at radius 3 is 2.29 bits per heavy atom. The lowest BCUT2D eigenvalue weighted by Crippen LogP contribution is -2.12. The Kier molecular flexibility index (Phi) is 3.70. The second-order valence-corrected chi connectivity index (χ2v) is 4.21. The summed E-state index contributed by atoms with van der Waals surface area (Å²) in [6.07, 6.45) is 0. The standard InChI is InChI=1S/C8H10Cl3N3/c1-3(2)13-8-5(10)6(12)4(9)7(11)14-8/h3H,1-2H3,(H3,12,13,14). The van der Waals surface area contributed by atoms with Gasteiger partial charge in [-0.1, -0.05) is 34.8 Å². The number of nitrogens with one attached hydrogen (secondary N) is 1. The van der Waals surface area contributed by atoms with Gasteiger partial charge in [0.2, 0.25) is 0 Å². The lowest BCUT2D eigenvalue weighted by molar-refractivity contribution is 0.889. The highest BCUT2D eigenvalue weighted by Crippen LogP contribution is 2.36. The minimum absolute atomic E-state index is 0.150. The first kappa shape index (κ1) is 11.7. The molecule has 0 saturated carbocycles. The first-order valence-corrected chi connectivity index (χ1v) is 5.13. The number of hydrogen-bond donors (Lipinski definition) is 2.